The Balaban J connectivity index is 1.84. The molecule has 0 aliphatic carbocycles. The van der Waals surface area contributed by atoms with E-state index in [1.54, 1.807) is 18.2 Å². The first-order chi connectivity index (χ1) is 10.2. The van der Waals surface area contributed by atoms with Crippen LogP contribution < -0.4 is 10.6 Å². The Kier molecular flexibility index (Phi) is 3.28. The number of rotatable bonds is 3. The first kappa shape index (κ1) is 13.1. The summed E-state index contributed by atoms with van der Waals surface area (Å²) in [4.78, 5) is 12.0. The van der Waals surface area contributed by atoms with Crippen molar-refractivity contribution < 1.29 is 9.18 Å². The van der Waals surface area contributed by atoms with Crippen molar-refractivity contribution in [2.45, 2.75) is 12.5 Å². The second kappa shape index (κ2) is 5.25. The molecule has 4 nitrogen and oxygen atoms in total. The molecular weight excluding hydrogens is 269 g/mol. The summed E-state index contributed by atoms with van der Waals surface area (Å²) in [6.45, 7) is 0. The average Bonchev–Trinajstić information content (AvgIpc) is 2.77. The molecule has 1 aliphatic rings. The zero-order valence-electron chi connectivity index (χ0n) is 11.1. The SMILES string of the molecule is N#CCc1ccc(NC2C(=O)Nc3ccc(F)cc32)cc1. The third kappa shape index (κ3) is 2.56. The van der Waals surface area contributed by atoms with Crippen LogP contribution in [0.2, 0.25) is 0 Å². The van der Waals surface area contributed by atoms with Gasteiger partial charge in [-0.1, -0.05) is 12.1 Å². The summed E-state index contributed by atoms with van der Waals surface area (Å²) in [5, 5.41) is 14.4. The van der Waals surface area contributed by atoms with E-state index < -0.39 is 6.04 Å². The van der Waals surface area contributed by atoms with E-state index >= 15 is 0 Å². The summed E-state index contributed by atoms with van der Waals surface area (Å²) in [5.41, 5.74) is 2.88. The van der Waals surface area contributed by atoms with E-state index in [2.05, 4.69) is 16.7 Å². The molecule has 0 saturated heterocycles. The Morgan fingerprint density at radius 1 is 1.24 bits per heavy atom. The molecule has 1 heterocycles. The van der Waals surface area contributed by atoms with E-state index in [9.17, 15) is 9.18 Å². The summed E-state index contributed by atoms with van der Waals surface area (Å²) in [6, 6.07) is 12.9. The quantitative estimate of drug-likeness (QED) is 0.909. The zero-order chi connectivity index (χ0) is 14.8. The molecule has 3 rings (SSSR count). The lowest BCUT2D eigenvalue weighted by atomic mass is 10.1. The molecule has 0 saturated carbocycles. The molecule has 0 spiro atoms. The minimum atomic E-state index is -0.613. The molecule has 1 unspecified atom stereocenters. The fourth-order valence-electron chi connectivity index (χ4n) is 2.35. The molecule has 5 heteroatoms. The van der Waals surface area contributed by atoms with Crippen LogP contribution in [0.25, 0.3) is 0 Å². The molecular formula is C16H12FN3O. The molecule has 1 aliphatic heterocycles. The number of carbonyl (C=O) groups is 1. The predicted octanol–water partition coefficient (Wildman–Crippen LogP) is 3.00. The molecule has 0 aromatic heterocycles. The minimum Gasteiger partial charge on any atom is -0.370 e. The Labute approximate surface area is 121 Å². The topological polar surface area (TPSA) is 64.9 Å². The highest BCUT2D eigenvalue weighted by Gasteiger charge is 2.30. The van der Waals surface area contributed by atoms with Crippen LogP contribution in [0.1, 0.15) is 17.2 Å². The van der Waals surface area contributed by atoms with Gasteiger partial charge in [0.25, 0.3) is 5.91 Å². The van der Waals surface area contributed by atoms with E-state index in [0.29, 0.717) is 17.7 Å². The van der Waals surface area contributed by atoms with Crippen LogP contribution in [-0.2, 0) is 11.2 Å². The summed E-state index contributed by atoms with van der Waals surface area (Å²) in [5.74, 6) is -0.585. The first-order valence-electron chi connectivity index (χ1n) is 6.50. The highest BCUT2D eigenvalue weighted by molar-refractivity contribution is 6.04. The number of carbonyl (C=O) groups excluding carboxylic acids is 1. The second-order valence-corrected chi connectivity index (χ2v) is 4.83. The van der Waals surface area contributed by atoms with Gasteiger partial charge in [-0.2, -0.15) is 5.26 Å². The van der Waals surface area contributed by atoms with Crippen molar-refractivity contribution in [3.05, 3.63) is 59.4 Å². The van der Waals surface area contributed by atoms with Gasteiger partial charge in [0, 0.05) is 16.9 Å². The van der Waals surface area contributed by atoms with Crippen LogP contribution in [0.15, 0.2) is 42.5 Å². The number of hydrogen-bond acceptors (Lipinski definition) is 3. The van der Waals surface area contributed by atoms with Gasteiger partial charge in [-0.05, 0) is 35.9 Å². The van der Waals surface area contributed by atoms with Gasteiger partial charge in [-0.25, -0.2) is 4.39 Å². The molecule has 2 aromatic rings. The molecule has 2 N–H and O–H groups in total. The standard InChI is InChI=1S/C16H12FN3O/c17-11-3-6-14-13(9-11)15(16(21)20-14)19-12-4-1-10(2-5-12)7-8-18/h1-6,9,15,19H,7H2,(H,20,21). The number of fused-ring (bicyclic) bond motifs is 1. The van der Waals surface area contributed by atoms with Gasteiger partial charge >= 0.3 is 0 Å². The molecule has 0 bridgehead atoms. The maximum absolute atomic E-state index is 13.3. The lowest BCUT2D eigenvalue weighted by molar-refractivity contribution is -0.116. The van der Waals surface area contributed by atoms with Gasteiger partial charge in [0.15, 0.2) is 0 Å². The van der Waals surface area contributed by atoms with Gasteiger partial charge in [0.1, 0.15) is 11.9 Å². The molecule has 21 heavy (non-hydrogen) atoms. The molecule has 0 fully saturated rings. The van der Waals surface area contributed by atoms with Crippen LogP contribution in [-0.4, -0.2) is 5.91 Å². The van der Waals surface area contributed by atoms with Crippen LogP contribution in [0.3, 0.4) is 0 Å². The fraction of sp³-hybridized carbons (Fsp3) is 0.125. The molecule has 104 valence electrons. The highest BCUT2D eigenvalue weighted by atomic mass is 19.1. The van der Waals surface area contributed by atoms with Gasteiger partial charge in [0.2, 0.25) is 0 Å². The molecule has 1 atom stereocenters. The molecule has 0 radical (unpaired) electrons. The van der Waals surface area contributed by atoms with Crippen LogP contribution >= 0.6 is 0 Å². The van der Waals surface area contributed by atoms with Crippen LogP contribution in [0.5, 0.6) is 0 Å². The van der Waals surface area contributed by atoms with Gasteiger partial charge in [0.05, 0.1) is 12.5 Å². The number of halogens is 1. The zero-order valence-corrected chi connectivity index (χ0v) is 11.1. The van der Waals surface area contributed by atoms with Crippen LogP contribution in [0.4, 0.5) is 15.8 Å². The number of nitriles is 1. The Morgan fingerprint density at radius 3 is 2.71 bits per heavy atom. The number of amides is 1. The Bertz CT molecular complexity index is 734. The van der Waals surface area contributed by atoms with Crippen molar-refractivity contribution in [3.8, 4) is 6.07 Å². The van der Waals surface area contributed by atoms with Crippen LogP contribution in [0, 0.1) is 17.1 Å². The lowest BCUT2D eigenvalue weighted by Crippen LogP contribution is -2.19. The predicted molar refractivity (Wildman–Crippen MR) is 77.2 cm³/mol. The minimum absolute atomic E-state index is 0.211. The summed E-state index contributed by atoms with van der Waals surface area (Å²) < 4.78 is 13.3. The van der Waals surface area contributed by atoms with Gasteiger partial charge in [-0.15, -0.1) is 0 Å². The fourth-order valence-corrected chi connectivity index (χ4v) is 2.35. The average molecular weight is 281 g/mol. The van der Waals surface area contributed by atoms with Crippen molar-refractivity contribution in [3.63, 3.8) is 0 Å². The third-order valence-electron chi connectivity index (χ3n) is 3.39. The van der Waals surface area contributed by atoms with Crippen molar-refractivity contribution in [1.82, 2.24) is 0 Å². The normalized spacial score (nSPS) is 16.0. The smallest absolute Gasteiger partial charge is 0.251 e. The van der Waals surface area contributed by atoms with Crippen molar-refractivity contribution in [1.29, 1.82) is 5.26 Å². The maximum Gasteiger partial charge on any atom is 0.251 e. The van der Waals surface area contributed by atoms with E-state index in [4.69, 9.17) is 5.26 Å². The largest absolute Gasteiger partial charge is 0.370 e. The third-order valence-corrected chi connectivity index (χ3v) is 3.39. The van der Waals surface area contributed by atoms with E-state index in [0.717, 1.165) is 11.3 Å². The number of nitrogens with zero attached hydrogens (tertiary/aromatic N) is 1. The lowest BCUT2D eigenvalue weighted by Gasteiger charge is -2.13. The molecule has 2 aromatic carbocycles. The van der Waals surface area contributed by atoms with Crippen molar-refractivity contribution >= 4 is 17.3 Å². The molecule has 1 amide bonds. The summed E-state index contributed by atoms with van der Waals surface area (Å²) in [6.07, 6.45) is 0.345. The highest BCUT2D eigenvalue weighted by Crippen LogP contribution is 2.33. The number of benzene rings is 2. The Hall–Kier alpha value is -2.87. The van der Waals surface area contributed by atoms with E-state index in [1.165, 1.54) is 12.1 Å². The number of anilines is 2. The van der Waals surface area contributed by atoms with Gasteiger partial charge < -0.3 is 10.6 Å². The number of nitrogens with one attached hydrogen (secondary N) is 2. The number of hydrogen-bond donors (Lipinski definition) is 2. The van der Waals surface area contributed by atoms with E-state index in [-0.39, 0.29) is 11.7 Å². The summed E-state index contributed by atoms with van der Waals surface area (Å²) >= 11 is 0. The van der Waals surface area contributed by atoms with Gasteiger partial charge in [-0.3, -0.25) is 4.79 Å². The van der Waals surface area contributed by atoms with E-state index in [1.807, 2.05) is 12.1 Å². The first-order valence-corrected chi connectivity index (χ1v) is 6.50. The van der Waals surface area contributed by atoms with Crippen molar-refractivity contribution in [2.24, 2.45) is 0 Å². The maximum atomic E-state index is 13.3. The monoisotopic (exact) mass is 281 g/mol. The summed E-state index contributed by atoms with van der Waals surface area (Å²) in [7, 11) is 0. The van der Waals surface area contributed by atoms with Crippen molar-refractivity contribution in [2.75, 3.05) is 10.6 Å². The Morgan fingerprint density at radius 2 is 2.00 bits per heavy atom. The second-order valence-electron chi connectivity index (χ2n) is 4.83.